The monoisotopic (exact) mass is 279 g/mol. The van der Waals surface area contributed by atoms with Gasteiger partial charge in [0.25, 0.3) is 0 Å². The van der Waals surface area contributed by atoms with Crippen LogP contribution in [0.15, 0.2) is 60.7 Å². The highest BCUT2D eigenvalue weighted by molar-refractivity contribution is 5.83. The third kappa shape index (κ3) is 2.81. The van der Waals surface area contributed by atoms with Crippen LogP contribution in [0, 0.1) is 12.7 Å². The average Bonchev–Trinajstić information content (AvgIpc) is 2.47. The van der Waals surface area contributed by atoms with Gasteiger partial charge in [-0.3, -0.25) is 0 Å². The van der Waals surface area contributed by atoms with E-state index in [0.29, 0.717) is 0 Å². The van der Waals surface area contributed by atoms with Gasteiger partial charge in [-0.15, -0.1) is 0 Å². The third-order valence-electron chi connectivity index (χ3n) is 3.79. The van der Waals surface area contributed by atoms with Crippen molar-refractivity contribution in [3.05, 3.63) is 83.2 Å². The number of hydrogen-bond donors (Lipinski definition) is 1. The number of halogens is 1. The lowest BCUT2D eigenvalue weighted by Gasteiger charge is -2.18. The molecule has 0 bridgehead atoms. The van der Waals surface area contributed by atoms with Crippen LogP contribution in [-0.4, -0.2) is 7.05 Å². The molecule has 0 aliphatic rings. The Kier molecular flexibility index (Phi) is 3.72. The van der Waals surface area contributed by atoms with Crippen molar-refractivity contribution in [3.8, 4) is 0 Å². The standard InChI is InChI=1S/C19H18FN/c1-13-9-17(12-18(20)10-13)19(21-2)16-8-7-14-5-3-4-6-15(14)11-16/h3-12,19,21H,1-2H3. The van der Waals surface area contributed by atoms with Crippen LogP contribution in [0.2, 0.25) is 0 Å². The minimum atomic E-state index is -0.189. The van der Waals surface area contributed by atoms with E-state index in [4.69, 9.17) is 0 Å². The SMILES string of the molecule is CNC(c1cc(C)cc(F)c1)c1ccc2ccccc2c1. The van der Waals surface area contributed by atoms with E-state index < -0.39 is 0 Å². The van der Waals surface area contributed by atoms with Gasteiger partial charge in [-0.25, -0.2) is 4.39 Å². The molecule has 3 aromatic rings. The molecule has 0 aliphatic heterocycles. The Labute approximate surface area is 124 Å². The molecule has 0 spiro atoms. The van der Waals surface area contributed by atoms with E-state index >= 15 is 0 Å². The van der Waals surface area contributed by atoms with Gasteiger partial charge in [0.05, 0.1) is 6.04 Å². The molecule has 0 aliphatic carbocycles. The first kappa shape index (κ1) is 13.8. The topological polar surface area (TPSA) is 12.0 Å². The zero-order chi connectivity index (χ0) is 14.8. The van der Waals surface area contributed by atoms with Crippen LogP contribution in [0.25, 0.3) is 10.8 Å². The predicted molar refractivity (Wildman–Crippen MR) is 86.0 cm³/mol. The minimum Gasteiger partial charge on any atom is -0.309 e. The molecule has 21 heavy (non-hydrogen) atoms. The smallest absolute Gasteiger partial charge is 0.123 e. The van der Waals surface area contributed by atoms with Gasteiger partial charge in [0.1, 0.15) is 5.82 Å². The molecule has 0 amide bonds. The van der Waals surface area contributed by atoms with E-state index in [9.17, 15) is 4.39 Å². The van der Waals surface area contributed by atoms with Gasteiger partial charge in [0.15, 0.2) is 0 Å². The first-order valence-electron chi connectivity index (χ1n) is 7.10. The van der Waals surface area contributed by atoms with Crippen molar-refractivity contribution in [1.82, 2.24) is 5.32 Å². The zero-order valence-electron chi connectivity index (χ0n) is 12.2. The zero-order valence-corrected chi connectivity index (χ0v) is 12.2. The van der Waals surface area contributed by atoms with E-state index in [1.54, 1.807) is 12.1 Å². The highest BCUT2D eigenvalue weighted by Gasteiger charge is 2.13. The summed E-state index contributed by atoms with van der Waals surface area (Å²) in [5, 5.41) is 5.70. The first-order chi connectivity index (χ1) is 10.2. The summed E-state index contributed by atoms with van der Waals surface area (Å²) in [6.45, 7) is 1.92. The highest BCUT2D eigenvalue weighted by atomic mass is 19.1. The van der Waals surface area contributed by atoms with Gasteiger partial charge < -0.3 is 5.32 Å². The number of rotatable bonds is 3. The second-order valence-electron chi connectivity index (χ2n) is 5.39. The summed E-state index contributed by atoms with van der Waals surface area (Å²) in [5.74, 6) is -0.189. The van der Waals surface area contributed by atoms with Crippen LogP contribution in [0.4, 0.5) is 4.39 Å². The summed E-state index contributed by atoms with van der Waals surface area (Å²) in [7, 11) is 1.90. The number of fused-ring (bicyclic) bond motifs is 1. The summed E-state index contributed by atoms with van der Waals surface area (Å²) in [6.07, 6.45) is 0. The van der Waals surface area contributed by atoms with Crippen LogP contribution in [-0.2, 0) is 0 Å². The van der Waals surface area contributed by atoms with Crippen LogP contribution < -0.4 is 5.32 Å². The second-order valence-corrected chi connectivity index (χ2v) is 5.39. The van der Waals surface area contributed by atoms with Crippen LogP contribution in [0.5, 0.6) is 0 Å². The molecule has 0 radical (unpaired) electrons. The fourth-order valence-corrected chi connectivity index (χ4v) is 2.84. The van der Waals surface area contributed by atoms with E-state index in [2.05, 4.69) is 35.6 Å². The molecule has 3 aromatic carbocycles. The lowest BCUT2D eigenvalue weighted by Crippen LogP contribution is -2.18. The van der Waals surface area contributed by atoms with E-state index in [1.807, 2.05) is 32.2 Å². The molecule has 2 heteroatoms. The lowest BCUT2D eigenvalue weighted by molar-refractivity contribution is 0.615. The van der Waals surface area contributed by atoms with Crippen molar-refractivity contribution in [1.29, 1.82) is 0 Å². The summed E-state index contributed by atoms with van der Waals surface area (Å²) in [5.41, 5.74) is 3.03. The van der Waals surface area contributed by atoms with E-state index in [0.717, 1.165) is 16.7 Å². The maximum absolute atomic E-state index is 13.7. The van der Waals surface area contributed by atoms with Gasteiger partial charge in [-0.05, 0) is 59.6 Å². The predicted octanol–water partition coefficient (Wildman–Crippen LogP) is 4.60. The quantitative estimate of drug-likeness (QED) is 0.739. The Morgan fingerprint density at radius 2 is 1.62 bits per heavy atom. The van der Waals surface area contributed by atoms with Crippen molar-refractivity contribution in [2.75, 3.05) is 7.05 Å². The summed E-state index contributed by atoms with van der Waals surface area (Å²) in [4.78, 5) is 0. The molecule has 1 nitrogen and oxygen atoms in total. The largest absolute Gasteiger partial charge is 0.309 e. The van der Waals surface area contributed by atoms with Gasteiger partial charge in [0, 0.05) is 0 Å². The summed E-state index contributed by atoms with van der Waals surface area (Å²) >= 11 is 0. The molecule has 106 valence electrons. The van der Waals surface area contributed by atoms with Gasteiger partial charge >= 0.3 is 0 Å². The van der Waals surface area contributed by atoms with E-state index in [1.165, 1.54) is 10.8 Å². The Morgan fingerprint density at radius 1 is 0.857 bits per heavy atom. The van der Waals surface area contributed by atoms with Crippen LogP contribution >= 0.6 is 0 Å². The van der Waals surface area contributed by atoms with Gasteiger partial charge in [-0.1, -0.05) is 42.5 Å². The normalized spacial score (nSPS) is 12.5. The number of benzene rings is 3. The molecular formula is C19H18FN. The van der Waals surface area contributed by atoms with Gasteiger partial charge in [0.2, 0.25) is 0 Å². The highest BCUT2D eigenvalue weighted by Crippen LogP contribution is 2.26. The molecule has 1 atom stereocenters. The minimum absolute atomic E-state index is 0.0102. The lowest BCUT2D eigenvalue weighted by atomic mass is 9.95. The summed E-state index contributed by atoms with van der Waals surface area (Å²) < 4.78 is 13.7. The Balaban J connectivity index is 2.08. The number of hydrogen-bond acceptors (Lipinski definition) is 1. The molecule has 1 N–H and O–H groups in total. The molecule has 0 heterocycles. The number of aryl methyl sites for hydroxylation is 1. The maximum Gasteiger partial charge on any atom is 0.123 e. The molecule has 1 unspecified atom stereocenters. The fraction of sp³-hybridized carbons (Fsp3) is 0.158. The van der Waals surface area contributed by atoms with Crippen molar-refractivity contribution in [3.63, 3.8) is 0 Å². The molecule has 3 rings (SSSR count). The Morgan fingerprint density at radius 3 is 2.33 bits per heavy atom. The molecule has 0 aromatic heterocycles. The summed E-state index contributed by atoms with van der Waals surface area (Å²) in [6, 6.07) is 19.8. The second kappa shape index (κ2) is 5.66. The third-order valence-corrected chi connectivity index (χ3v) is 3.79. The molecular weight excluding hydrogens is 261 g/mol. The maximum atomic E-state index is 13.7. The molecule has 0 fully saturated rings. The van der Waals surface area contributed by atoms with Crippen molar-refractivity contribution in [2.24, 2.45) is 0 Å². The van der Waals surface area contributed by atoms with Gasteiger partial charge in [-0.2, -0.15) is 0 Å². The van der Waals surface area contributed by atoms with Crippen molar-refractivity contribution in [2.45, 2.75) is 13.0 Å². The van der Waals surface area contributed by atoms with Crippen molar-refractivity contribution >= 4 is 10.8 Å². The van der Waals surface area contributed by atoms with Crippen molar-refractivity contribution < 1.29 is 4.39 Å². The van der Waals surface area contributed by atoms with E-state index in [-0.39, 0.29) is 11.9 Å². The Bertz CT molecular complexity index is 759. The average molecular weight is 279 g/mol. The molecule has 0 saturated carbocycles. The number of nitrogens with one attached hydrogen (secondary N) is 1. The Hall–Kier alpha value is -2.19. The first-order valence-corrected chi connectivity index (χ1v) is 7.10. The van der Waals surface area contributed by atoms with Crippen LogP contribution in [0.3, 0.4) is 0 Å². The fourth-order valence-electron chi connectivity index (χ4n) is 2.84. The van der Waals surface area contributed by atoms with Crippen LogP contribution in [0.1, 0.15) is 22.7 Å². The molecule has 0 saturated heterocycles.